The summed E-state index contributed by atoms with van der Waals surface area (Å²) in [7, 11) is 0. The minimum absolute atomic E-state index is 0.0756. The van der Waals surface area contributed by atoms with Gasteiger partial charge in [-0.05, 0) is 71.8 Å². The number of amides is 1. The number of thiophene rings is 1. The van der Waals surface area contributed by atoms with Gasteiger partial charge in [0.2, 0.25) is 5.91 Å². The van der Waals surface area contributed by atoms with Crippen molar-refractivity contribution in [2.75, 3.05) is 25.0 Å². The van der Waals surface area contributed by atoms with Crippen molar-refractivity contribution in [1.82, 2.24) is 4.90 Å². The Morgan fingerprint density at radius 3 is 2.64 bits per heavy atom. The molecule has 0 atom stereocenters. The molecule has 0 radical (unpaired) electrons. The summed E-state index contributed by atoms with van der Waals surface area (Å²) in [6.07, 6.45) is 2.97. The summed E-state index contributed by atoms with van der Waals surface area (Å²) in [6.45, 7) is 12.4. The molecule has 1 fully saturated rings. The van der Waals surface area contributed by atoms with Crippen molar-refractivity contribution in [2.45, 2.75) is 52.9 Å². The average Bonchev–Trinajstić information content (AvgIpc) is 2.97. The van der Waals surface area contributed by atoms with Crippen LogP contribution in [0.2, 0.25) is 0 Å². The van der Waals surface area contributed by atoms with Crippen LogP contribution in [0, 0.1) is 5.41 Å². The molecule has 136 valence electrons. The van der Waals surface area contributed by atoms with E-state index in [9.17, 15) is 4.79 Å². The van der Waals surface area contributed by atoms with Crippen molar-refractivity contribution >= 4 is 33.0 Å². The van der Waals surface area contributed by atoms with Gasteiger partial charge in [0.1, 0.15) is 0 Å². The molecule has 1 aliphatic rings. The molecule has 0 aliphatic carbocycles. The molecule has 2 heterocycles. The fraction of sp³-hybridized carbons (Fsp3) is 0.571. The molecule has 2 aromatic rings. The third-order valence-electron chi connectivity index (χ3n) is 4.93. The van der Waals surface area contributed by atoms with Crippen LogP contribution in [-0.2, 0) is 4.79 Å². The maximum atomic E-state index is 11.7. The van der Waals surface area contributed by atoms with E-state index in [2.05, 4.69) is 48.5 Å². The first-order valence-corrected chi connectivity index (χ1v) is 10.3. The van der Waals surface area contributed by atoms with Gasteiger partial charge in [-0.15, -0.1) is 11.3 Å². The van der Waals surface area contributed by atoms with Crippen LogP contribution in [-0.4, -0.2) is 30.4 Å². The molecule has 3 rings (SSSR count). The first-order valence-electron chi connectivity index (χ1n) is 9.39. The Hall–Kier alpha value is -1.39. The minimum atomic E-state index is 0.0756. The molecule has 25 heavy (non-hydrogen) atoms. The predicted octanol–water partition coefficient (Wildman–Crippen LogP) is 5.48. The summed E-state index contributed by atoms with van der Waals surface area (Å²) in [5, 5.41) is 6.65. The second kappa shape index (κ2) is 7.46. The number of anilines is 1. The molecule has 1 aromatic carbocycles. The van der Waals surface area contributed by atoms with E-state index in [0.29, 0.717) is 17.8 Å². The Kier molecular flexibility index (Phi) is 5.49. The van der Waals surface area contributed by atoms with Crippen LogP contribution in [0.3, 0.4) is 0 Å². The first kappa shape index (κ1) is 18.4. The van der Waals surface area contributed by atoms with Crippen LogP contribution in [0.5, 0.6) is 0 Å². The molecule has 1 amide bonds. The Bertz CT molecular complexity index is 736. The van der Waals surface area contributed by atoms with Gasteiger partial charge in [0, 0.05) is 23.4 Å². The van der Waals surface area contributed by atoms with Gasteiger partial charge in [0.15, 0.2) is 0 Å². The van der Waals surface area contributed by atoms with Crippen molar-refractivity contribution in [3.05, 3.63) is 29.1 Å². The molecule has 4 heteroatoms. The van der Waals surface area contributed by atoms with Crippen molar-refractivity contribution in [3.63, 3.8) is 0 Å². The summed E-state index contributed by atoms with van der Waals surface area (Å²) in [6, 6.07) is 6.32. The lowest BCUT2D eigenvalue weighted by Gasteiger charge is -2.36. The van der Waals surface area contributed by atoms with E-state index in [1.807, 2.05) is 24.3 Å². The van der Waals surface area contributed by atoms with Gasteiger partial charge < -0.3 is 10.2 Å². The zero-order valence-electron chi connectivity index (χ0n) is 15.9. The molecule has 1 aromatic heterocycles. The number of hydrogen-bond acceptors (Lipinski definition) is 3. The number of fused-ring (bicyclic) bond motifs is 1. The van der Waals surface area contributed by atoms with Gasteiger partial charge in [-0.2, -0.15) is 0 Å². The topological polar surface area (TPSA) is 32.3 Å². The lowest BCUT2D eigenvalue weighted by Crippen LogP contribution is -2.38. The highest BCUT2D eigenvalue weighted by molar-refractivity contribution is 7.17. The smallest absolute Gasteiger partial charge is 0.224 e. The summed E-state index contributed by atoms with van der Waals surface area (Å²) in [5.74, 6) is 0.716. The van der Waals surface area contributed by atoms with E-state index < -0.39 is 0 Å². The Morgan fingerprint density at radius 2 is 2.00 bits per heavy atom. The molecule has 1 aliphatic heterocycles. The molecule has 0 saturated carbocycles. The average molecular weight is 359 g/mol. The third kappa shape index (κ3) is 4.62. The number of nitrogens with one attached hydrogen (secondary N) is 1. The van der Waals surface area contributed by atoms with E-state index in [-0.39, 0.29) is 5.91 Å². The highest BCUT2D eigenvalue weighted by Gasteiger charge is 2.25. The normalized spacial score (nSPS) is 17.1. The zero-order valence-corrected chi connectivity index (χ0v) is 16.7. The third-order valence-corrected chi connectivity index (χ3v) is 5.92. The number of hydrogen-bond donors (Lipinski definition) is 1. The molecule has 0 bridgehead atoms. The highest BCUT2D eigenvalue weighted by atomic mass is 32.1. The maximum absolute atomic E-state index is 11.7. The number of rotatable bonds is 4. The van der Waals surface area contributed by atoms with Crippen LogP contribution in [0.15, 0.2) is 23.6 Å². The van der Waals surface area contributed by atoms with Crippen molar-refractivity contribution < 1.29 is 4.79 Å². The number of piperidine rings is 1. The van der Waals surface area contributed by atoms with Gasteiger partial charge >= 0.3 is 0 Å². The van der Waals surface area contributed by atoms with E-state index in [0.717, 1.165) is 5.69 Å². The van der Waals surface area contributed by atoms with Gasteiger partial charge in [-0.25, -0.2) is 0 Å². The van der Waals surface area contributed by atoms with E-state index in [1.165, 1.54) is 48.1 Å². The SMILES string of the molecule is CCC(=O)Nc1ccc2scc(C3CCN(CC(C)(C)C)CC3)c2c1. The van der Waals surface area contributed by atoms with E-state index in [1.54, 1.807) is 0 Å². The summed E-state index contributed by atoms with van der Waals surface area (Å²) in [4.78, 5) is 14.3. The maximum Gasteiger partial charge on any atom is 0.224 e. The zero-order chi connectivity index (χ0) is 18.0. The summed E-state index contributed by atoms with van der Waals surface area (Å²) in [5.41, 5.74) is 2.76. The Labute approximate surface area is 155 Å². The molecule has 0 spiro atoms. The molecule has 1 N–H and O–H groups in total. The van der Waals surface area contributed by atoms with Crippen LogP contribution >= 0.6 is 11.3 Å². The molecule has 0 unspecified atom stereocenters. The molecule has 1 saturated heterocycles. The summed E-state index contributed by atoms with van der Waals surface area (Å²) < 4.78 is 1.32. The van der Waals surface area contributed by atoms with Crippen molar-refractivity contribution in [2.24, 2.45) is 5.41 Å². The number of carbonyl (C=O) groups excluding carboxylic acids is 1. The largest absolute Gasteiger partial charge is 0.326 e. The predicted molar refractivity (Wildman–Crippen MR) is 109 cm³/mol. The standard InChI is InChI=1S/C21H30N2OS/c1-5-20(24)22-16-6-7-19-17(12-16)18(13-25-19)15-8-10-23(11-9-15)14-21(2,3)4/h6-7,12-13,15H,5,8-11,14H2,1-4H3,(H,22,24). The second-order valence-corrected chi connectivity index (χ2v) is 9.33. The molecular weight excluding hydrogens is 328 g/mol. The molecule has 3 nitrogen and oxygen atoms in total. The fourth-order valence-corrected chi connectivity index (χ4v) is 4.79. The Balaban J connectivity index is 1.73. The monoisotopic (exact) mass is 358 g/mol. The van der Waals surface area contributed by atoms with Crippen LogP contribution in [0.1, 0.15) is 58.4 Å². The van der Waals surface area contributed by atoms with Crippen LogP contribution < -0.4 is 5.32 Å². The highest BCUT2D eigenvalue weighted by Crippen LogP contribution is 2.38. The van der Waals surface area contributed by atoms with Gasteiger partial charge in [-0.1, -0.05) is 27.7 Å². The van der Waals surface area contributed by atoms with E-state index in [4.69, 9.17) is 0 Å². The van der Waals surface area contributed by atoms with Crippen molar-refractivity contribution in [3.8, 4) is 0 Å². The lowest BCUT2D eigenvalue weighted by atomic mass is 9.87. The number of benzene rings is 1. The quantitative estimate of drug-likeness (QED) is 0.785. The van der Waals surface area contributed by atoms with Gasteiger partial charge in [0.25, 0.3) is 0 Å². The van der Waals surface area contributed by atoms with Crippen LogP contribution in [0.4, 0.5) is 5.69 Å². The number of likely N-dealkylation sites (tertiary alicyclic amines) is 1. The van der Waals surface area contributed by atoms with Crippen LogP contribution in [0.25, 0.3) is 10.1 Å². The fourth-order valence-electron chi connectivity index (χ4n) is 3.76. The Morgan fingerprint density at radius 1 is 1.28 bits per heavy atom. The number of nitrogens with zero attached hydrogens (tertiary/aromatic N) is 1. The van der Waals surface area contributed by atoms with Gasteiger partial charge in [0.05, 0.1) is 0 Å². The molecular formula is C21H30N2OS. The minimum Gasteiger partial charge on any atom is -0.326 e. The van der Waals surface area contributed by atoms with E-state index >= 15 is 0 Å². The van der Waals surface area contributed by atoms with Crippen molar-refractivity contribution in [1.29, 1.82) is 0 Å². The second-order valence-electron chi connectivity index (χ2n) is 8.41. The number of carbonyl (C=O) groups is 1. The van der Waals surface area contributed by atoms with Gasteiger partial charge in [-0.3, -0.25) is 4.79 Å². The lowest BCUT2D eigenvalue weighted by molar-refractivity contribution is -0.115. The summed E-state index contributed by atoms with van der Waals surface area (Å²) >= 11 is 1.83. The first-order chi connectivity index (χ1) is 11.9.